The van der Waals surface area contributed by atoms with Gasteiger partial charge in [0, 0.05) is 5.56 Å². The molecule has 0 saturated carbocycles. The van der Waals surface area contributed by atoms with E-state index in [-0.39, 0.29) is 0 Å². The molecule has 2 nitrogen and oxygen atoms in total. The predicted octanol–water partition coefficient (Wildman–Crippen LogP) is 3.86. The molecule has 0 heterocycles. The van der Waals surface area contributed by atoms with Crippen molar-refractivity contribution in [2.75, 3.05) is 13.0 Å². The molecule has 102 valence electrons. The maximum atomic E-state index is 5.76. The molecule has 0 unspecified atom stereocenters. The fourth-order valence-corrected chi connectivity index (χ4v) is 1.79. The predicted molar refractivity (Wildman–Crippen MR) is 81.4 cm³/mol. The van der Waals surface area contributed by atoms with E-state index in [0.29, 0.717) is 12.5 Å². The first-order chi connectivity index (χ1) is 9.81. The van der Waals surface area contributed by atoms with Crippen LogP contribution in [0.5, 0.6) is 11.5 Å². The van der Waals surface area contributed by atoms with Gasteiger partial charge in [0.2, 0.25) is 0 Å². The van der Waals surface area contributed by atoms with E-state index in [2.05, 4.69) is 11.8 Å². The summed E-state index contributed by atoms with van der Waals surface area (Å²) in [6.45, 7) is 0.490. The number of ether oxygens (including phenoxy) is 2. The molecule has 2 aromatic rings. The molecule has 0 aliphatic carbocycles. The third-order valence-corrected chi connectivity index (χ3v) is 2.81. The van der Waals surface area contributed by atoms with Gasteiger partial charge in [-0.05, 0) is 35.9 Å². The normalized spacial score (nSPS) is 9.50. The number of rotatable bonds is 4. The fourth-order valence-electron chi connectivity index (χ4n) is 1.73. The molecule has 0 amide bonds. The van der Waals surface area contributed by atoms with Crippen LogP contribution >= 0.6 is 11.6 Å². The maximum absolute atomic E-state index is 5.76. The molecule has 0 aromatic heterocycles. The zero-order valence-corrected chi connectivity index (χ0v) is 12.0. The van der Waals surface area contributed by atoms with E-state index in [4.69, 9.17) is 21.1 Å². The smallest absolute Gasteiger partial charge is 0.121 e. The van der Waals surface area contributed by atoms with Crippen molar-refractivity contribution in [3.63, 3.8) is 0 Å². The van der Waals surface area contributed by atoms with E-state index in [1.54, 1.807) is 7.11 Å². The van der Waals surface area contributed by atoms with Crippen molar-refractivity contribution in [2.45, 2.75) is 6.61 Å². The van der Waals surface area contributed by atoms with Crippen molar-refractivity contribution in [1.29, 1.82) is 0 Å². The van der Waals surface area contributed by atoms with Crippen LogP contribution < -0.4 is 9.47 Å². The van der Waals surface area contributed by atoms with Gasteiger partial charge < -0.3 is 9.47 Å². The lowest BCUT2D eigenvalue weighted by molar-refractivity contribution is 0.305. The summed E-state index contributed by atoms with van der Waals surface area (Å²) >= 11 is 5.54. The number of hydrogen-bond donors (Lipinski definition) is 0. The third-order valence-electron chi connectivity index (χ3n) is 2.67. The Hall–Kier alpha value is -2.11. The van der Waals surface area contributed by atoms with Gasteiger partial charge in [-0.1, -0.05) is 30.0 Å². The highest BCUT2D eigenvalue weighted by Gasteiger charge is 1.99. The largest absolute Gasteiger partial charge is 0.497 e. The van der Waals surface area contributed by atoms with Crippen LogP contribution in [-0.4, -0.2) is 13.0 Å². The molecular weight excluding hydrogens is 272 g/mol. The summed E-state index contributed by atoms with van der Waals surface area (Å²) in [6.07, 6.45) is 0. The number of alkyl halides is 1. The highest BCUT2D eigenvalue weighted by Crippen LogP contribution is 2.17. The van der Waals surface area contributed by atoms with Crippen LogP contribution in [0.2, 0.25) is 0 Å². The number of benzene rings is 2. The molecule has 2 rings (SSSR count). The summed E-state index contributed by atoms with van der Waals surface area (Å²) in [5.41, 5.74) is 1.95. The minimum atomic E-state index is 0.328. The van der Waals surface area contributed by atoms with Gasteiger partial charge >= 0.3 is 0 Å². The summed E-state index contributed by atoms with van der Waals surface area (Å²) in [6, 6.07) is 15.5. The van der Waals surface area contributed by atoms with E-state index in [9.17, 15) is 0 Å². The van der Waals surface area contributed by atoms with Crippen LogP contribution in [0.4, 0.5) is 0 Å². The fraction of sp³-hybridized carbons (Fsp3) is 0.176. The van der Waals surface area contributed by atoms with E-state index in [1.807, 2.05) is 48.5 Å². The third kappa shape index (κ3) is 4.22. The monoisotopic (exact) mass is 286 g/mol. The molecule has 0 fully saturated rings. The molecule has 20 heavy (non-hydrogen) atoms. The highest BCUT2D eigenvalue weighted by atomic mass is 35.5. The van der Waals surface area contributed by atoms with E-state index in [0.717, 1.165) is 22.6 Å². The summed E-state index contributed by atoms with van der Waals surface area (Å²) in [5.74, 6) is 7.73. The first-order valence-corrected chi connectivity index (χ1v) is 6.76. The zero-order valence-electron chi connectivity index (χ0n) is 11.2. The van der Waals surface area contributed by atoms with E-state index < -0.39 is 0 Å². The minimum Gasteiger partial charge on any atom is -0.497 e. The minimum absolute atomic E-state index is 0.328. The second-order valence-electron chi connectivity index (χ2n) is 4.10. The van der Waals surface area contributed by atoms with E-state index in [1.165, 1.54) is 0 Å². The van der Waals surface area contributed by atoms with Crippen molar-refractivity contribution in [3.05, 3.63) is 59.7 Å². The molecule has 0 aliphatic heterocycles. The Morgan fingerprint density at radius 1 is 1.05 bits per heavy atom. The van der Waals surface area contributed by atoms with Crippen molar-refractivity contribution in [1.82, 2.24) is 0 Å². The van der Waals surface area contributed by atoms with Crippen LogP contribution in [0.1, 0.15) is 11.1 Å². The lowest BCUT2D eigenvalue weighted by Gasteiger charge is -2.08. The number of hydrogen-bond acceptors (Lipinski definition) is 2. The Morgan fingerprint density at radius 3 is 2.65 bits per heavy atom. The van der Waals surface area contributed by atoms with Gasteiger partial charge in [-0.3, -0.25) is 0 Å². The molecule has 2 aromatic carbocycles. The SMILES string of the molecule is COc1cccc(COc2cccc(C#CCCl)c2)c1. The Kier molecular flexibility index (Phi) is 5.34. The lowest BCUT2D eigenvalue weighted by Crippen LogP contribution is -1.96. The molecule has 0 N–H and O–H groups in total. The van der Waals surface area contributed by atoms with E-state index >= 15 is 0 Å². The van der Waals surface area contributed by atoms with Gasteiger partial charge in [0.25, 0.3) is 0 Å². The van der Waals surface area contributed by atoms with Gasteiger partial charge in [-0.25, -0.2) is 0 Å². The summed E-state index contributed by atoms with van der Waals surface area (Å²) in [7, 11) is 1.65. The first-order valence-electron chi connectivity index (χ1n) is 6.22. The van der Waals surface area contributed by atoms with Crippen LogP contribution in [0.25, 0.3) is 0 Å². The number of methoxy groups -OCH3 is 1. The zero-order chi connectivity index (χ0) is 14.2. The maximum Gasteiger partial charge on any atom is 0.121 e. The first kappa shape index (κ1) is 14.3. The molecule has 0 saturated heterocycles. The quantitative estimate of drug-likeness (QED) is 0.627. The second kappa shape index (κ2) is 7.47. The molecule has 0 radical (unpaired) electrons. The second-order valence-corrected chi connectivity index (χ2v) is 4.37. The Balaban J connectivity index is 2.03. The van der Waals surface area contributed by atoms with Gasteiger partial charge in [0.05, 0.1) is 13.0 Å². The summed E-state index contributed by atoms with van der Waals surface area (Å²) in [4.78, 5) is 0. The van der Waals surface area contributed by atoms with Crippen LogP contribution in [-0.2, 0) is 6.61 Å². The summed E-state index contributed by atoms with van der Waals surface area (Å²) < 4.78 is 10.9. The molecule has 0 spiro atoms. The van der Waals surface area contributed by atoms with Crippen LogP contribution in [0.3, 0.4) is 0 Å². The highest BCUT2D eigenvalue weighted by molar-refractivity contribution is 6.19. The van der Waals surface area contributed by atoms with Crippen molar-refractivity contribution in [3.8, 4) is 23.3 Å². The molecule has 0 aliphatic rings. The Labute approximate surface area is 124 Å². The molecular formula is C17H15ClO2. The Bertz CT molecular complexity index is 626. The number of halogens is 1. The molecule has 3 heteroatoms. The average molecular weight is 287 g/mol. The topological polar surface area (TPSA) is 18.5 Å². The van der Waals surface area contributed by atoms with Gasteiger partial charge in [-0.15, -0.1) is 11.6 Å². The van der Waals surface area contributed by atoms with Crippen LogP contribution in [0, 0.1) is 11.8 Å². The van der Waals surface area contributed by atoms with Crippen molar-refractivity contribution < 1.29 is 9.47 Å². The standard InChI is InChI=1S/C17H15ClO2/c1-19-16-8-3-6-15(12-16)13-20-17-9-2-5-14(11-17)7-4-10-18/h2-3,5-6,8-9,11-12H,10,13H2,1H3. The van der Waals surface area contributed by atoms with Gasteiger partial charge in [0.15, 0.2) is 0 Å². The van der Waals surface area contributed by atoms with Gasteiger partial charge in [0.1, 0.15) is 18.1 Å². The average Bonchev–Trinajstić information content (AvgIpc) is 2.51. The Morgan fingerprint density at radius 2 is 1.85 bits per heavy atom. The molecule has 0 bridgehead atoms. The van der Waals surface area contributed by atoms with Gasteiger partial charge in [-0.2, -0.15) is 0 Å². The summed E-state index contributed by atoms with van der Waals surface area (Å²) in [5, 5.41) is 0. The molecule has 0 atom stereocenters. The van der Waals surface area contributed by atoms with Crippen molar-refractivity contribution >= 4 is 11.6 Å². The van der Waals surface area contributed by atoms with Crippen molar-refractivity contribution in [2.24, 2.45) is 0 Å². The lowest BCUT2D eigenvalue weighted by atomic mass is 10.2. The van der Waals surface area contributed by atoms with Crippen LogP contribution in [0.15, 0.2) is 48.5 Å².